The van der Waals surface area contributed by atoms with Crippen molar-refractivity contribution >= 4 is 23.4 Å². The first-order chi connectivity index (χ1) is 19.3. The van der Waals surface area contributed by atoms with Crippen molar-refractivity contribution < 1.29 is 36.3 Å². The molecule has 2 aliphatic heterocycles. The predicted octanol–water partition coefficient (Wildman–Crippen LogP) is 4.91. The molecule has 2 heterocycles. The third-order valence-corrected chi connectivity index (χ3v) is 10.0. The van der Waals surface area contributed by atoms with Gasteiger partial charge in [-0.25, -0.2) is 8.78 Å². The van der Waals surface area contributed by atoms with Gasteiger partial charge in [-0.05, 0) is 69.9 Å². The molecular formula is C29H35F5N4O3. The molecule has 12 heteroatoms. The van der Waals surface area contributed by atoms with Gasteiger partial charge in [-0.15, -0.1) is 0 Å². The molecule has 224 valence electrons. The molecule has 3 saturated carbocycles. The number of nitrogens with zero attached hydrogens (tertiary/aromatic N) is 1. The topological polar surface area (TPSA) is 90.5 Å². The van der Waals surface area contributed by atoms with E-state index < -0.39 is 40.9 Å². The number of rotatable bonds is 9. The molecule has 7 nitrogen and oxygen atoms in total. The molecule has 4 fully saturated rings. The molecule has 0 unspecified atom stereocenters. The Bertz CT molecular complexity index is 1240. The first kappa shape index (κ1) is 28.4. The van der Waals surface area contributed by atoms with E-state index in [1.54, 1.807) is 12.1 Å². The monoisotopic (exact) mass is 582 g/mol. The van der Waals surface area contributed by atoms with Crippen LogP contribution in [0.2, 0.25) is 0 Å². The van der Waals surface area contributed by atoms with Gasteiger partial charge in [0.05, 0.1) is 5.41 Å². The van der Waals surface area contributed by atoms with Crippen molar-refractivity contribution in [2.75, 3.05) is 11.9 Å². The van der Waals surface area contributed by atoms with E-state index in [4.69, 9.17) is 0 Å². The van der Waals surface area contributed by atoms with Crippen LogP contribution >= 0.6 is 0 Å². The molecule has 1 saturated heterocycles. The first-order valence-electron chi connectivity index (χ1n) is 14.5. The Morgan fingerprint density at radius 2 is 1.73 bits per heavy atom. The van der Waals surface area contributed by atoms with Crippen LogP contribution in [-0.2, 0) is 16.1 Å². The van der Waals surface area contributed by atoms with E-state index in [2.05, 4.69) is 16.0 Å². The average molecular weight is 583 g/mol. The molecular weight excluding hydrogens is 547 g/mol. The van der Waals surface area contributed by atoms with Crippen LogP contribution in [0.25, 0.3) is 0 Å². The number of fused-ring (bicyclic) bond motifs is 1. The Hall–Kier alpha value is -2.76. The van der Waals surface area contributed by atoms with Gasteiger partial charge in [-0.3, -0.25) is 19.7 Å². The van der Waals surface area contributed by atoms with Crippen molar-refractivity contribution in [1.82, 2.24) is 15.5 Å². The second-order valence-corrected chi connectivity index (χ2v) is 12.8. The van der Waals surface area contributed by atoms with Crippen LogP contribution in [-0.4, -0.2) is 58.9 Å². The Morgan fingerprint density at radius 3 is 2.34 bits per heavy atom. The van der Waals surface area contributed by atoms with Gasteiger partial charge in [0, 0.05) is 60.2 Å². The van der Waals surface area contributed by atoms with Gasteiger partial charge in [0.2, 0.25) is 11.8 Å². The summed E-state index contributed by atoms with van der Waals surface area (Å²) in [7, 11) is 0. The summed E-state index contributed by atoms with van der Waals surface area (Å²) < 4.78 is 67.7. The number of alkyl halides is 5. The highest BCUT2D eigenvalue weighted by atomic mass is 19.4. The summed E-state index contributed by atoms with van der Waals surface area (Å²) in [4.78, 5) is 38.8. The lowest BCUT2D eigenvalue weighted by molar-refractivity contribution is -0.186. The number of amides is 3. The van der Waals surface area contributed by atoms with Gasteiger partial charge >= 0.3 is 6.18 Å². The minimum atomic E-state index is -4.22. The number of halogens is 5. The van der Waals surface area contributed by atoms with E-state index in [-0.39, 0.29) is 63.0 Å². The fraction of sp³-hybridized carbons (Fsp3) is 0.690. The smallest absolute Gasteiger partial charge is 0.379 e. The third-order valence-electron chi connectivity index (χ3n) is 10.0. The highest BCUT2D eigenvalue weighted by Gasteiger charge is 2.63. The lowest BCUT2D eigenvalue weighted by Gasteiger charge is -2.43. The van der Waals surface area contributed by atoms with Crippen LogP contribution in [0.3, 0.4) is 0 Å². The maximum absolute atomic E-state index is 13.8. The van der Waals surface area contributed by atoms with Crippen molar-refractivity contribution in [3.63, 3.8) is 0 Å². The van der Waals surface area contributed by atoms with Gasteiger partial charge in [-0.1, -0.05) is 6.07 Å². The molecule has 0 radical (unpaired) electrons. The van der Waals surface area contributed by atoms with Gasteiger partial charge in [-0.2, -0.15) is 13.2 Å². The highest BCUT2D eigenvalue weighted by molar-refractivity contribution is 6.06. The Balaban J connectivity index is 1.16. The largest absolute Gasteiger partial charge is 0.395 e. The van der Waals surface area contributed by atoms with Crippen LogP contribution < -0.4 is 16.0 Å². The van der Waals surface area contributed by atoms with Crippen LogP contribution in [0.5, 0.6) is 0 Å². The number of carbonyl (C=O) groups is 3. The Kier molecular flexibility index (Phi) is 6.86. The molecule has 3 amide bonds. The third kappa shape index (κ3) is 5.44. The minimum Gasteiger partial charge on any atom is -0.379 e. The molecule has 0 bridgehead atoms. The zero-order chi connectivity index (χ0) is 29.2. The summed E-state index contributed by atoms with van der Waals surface area (Å²) in [5.41, 5.74) is -0.282. The SMILES string of the molecule is O=C1CC[C@H](N2Cc3c(NC4(CC[C@H]5CC5(F)F)CCC(NCC5(C(F)(F)F)CC5)CC4)cccc3C2=O)C(=O)N1. The second-order valence-electron chi connectivity index (χ2n) is 12.8. The van der Waals surface area contributed by atoms with Crippen molar-refractivity contribution in [2.24, 2.45) is 11.3 Å². The van der Waals surface area contributed by atoms with Crippen molar-refractivity contribution in [3.8, 4) is 0 Å². The molecule has 1 aromatic rings. The second kappa shape index (κ2) is 9.91. The number of anilines is 1. The van der Waals surface area contributed by atoms with Gasteiger partial charge in [0.15, 0.2) is 0 Å². The number of nitrogens with one attached hydrogen (secondary N) is 3. The van der Waals surface area contributed by atoms with Gasteiger partial charge in [0.1, 0.15) is 6.04 Å². The summed E-state index contributed by atoms with van der Waals surface area (Å²) in [6, 6.07) is 4.45. The van der Waals surface area contributed by atoms with Gasteiger partial charge < -0.3 is 15.5 Å². The van der Waals surface area contributed by atoms with Crippen LogP contribution in [0.1, 0.15) is 86.6 Å². The molecule has 0 spiro atoms. The van der Waals surface area contributed by atoms with Crippen molar-refractivity contribution in [2.45, 2.75) is 107 Å². The van der Waals surface area contributed by atoms with E-state index in [0.717, 1.165) is 5.56 Å². The summed E-state index contributed by atoms with van der Waals surface area (Å²) in [5, 5.41) is 9.05. The zero-order valence-electron chi connectivity index (χ0n) is 22.7. The molecule has 3 aliphatic carbocycles. The summed E-state index contributed by atoms with van der Waals surface area (Å²) in [5.74, 6) is -4.46. The van der Waals surface area contributed by atoms with E-state index in [1.807, 2.05) is 6.07 Å². The normalized spacial score (nSPS) is 32.0. The maximum atomic E-state index is 13.8. The lowest BCUT2D eigenvalue weighted by Crippen LogP contribution is -2.52. The van der Waals surface area contributed by atoms with E-state index in [9.17, 15) is 36.3 Å². The quantitative estimate of drug-likeness (QED) is 0.285. The zero-order valence-corrected chi connectivity index (χ0v) is 22.7. The molecule has 5 aliphatic rings. The van der Waals surface area contributed by atoms with Crippen molar-refractivity contribution in [3.05, 3.63) is 29.3 Å². The Morgan fingerprint density at radius 1 is 1.02 bits per heavy atom. The molecule has 2 atom stereocenters. The number of hydrogen-bond acceptors (Lipinski definition) is 5. The van der Waals surface area contributed by atoms with E-state index >= 15 is 0 Å². The fourth-order valence-electron chi connectivity index (χ4n) is 6.88. The minimum absolute atomic E-state index is 0.0850. The number of carbonyl (C=O) groups excluding carboxylic acids is 3. The number of benzene rings is 1. The van der Waals surface area contributed by atoms with Crippen molar-refractivity contribution in [1.29, 1.82) is 0 Å². The molecule has 0 aromatic heterocycles. The fourth-order valence-corrected chi connectivity index (χ4v) is 6.88. The molecule has 3 N–H and O–H groups in total. The van der Waals surface area contributed by atoms with Crippen LogP contribution in [0.4, 0.5) is 27.6 Å². The summed E-state index contributed by atoms with van der Waals surface area (Å²) >= 11 is 0. The maximum Gasteiger partial charge on any atom is 0.395 e. The van der Waals surface area contributed by atoms with E-state index in [1.165, 1.54) is 4.90 Å². The van der Waals surface area contributed by atoms with E-state index in [0.29, 0.717) is 49.8 Å². The number of imide groups is 1. The number of hydrogen-bond donors (Lipinski definition) is 3. The first-order valence-corrected chi connectivity index (χ1v) is 14.5. The molecule has 41 heavy (non-hydrogen) atoms. The Labute approximate surface area is 235 Å². The molecule has 6 rings (SSSR count). The highest BCUT2D eigenvalue weighted by Crippen LogP contribution is 2.57. The van der Waals surface area contributed by atoms with Gasteiger partial charge in [0.25, 0.3) is 11.8 Å². The van der Waals surface area contributed by atoms with Crippen LogP contribution in [0, 0.1) is 11.3 Å². The number of piperidine rings is 1. The molecule has 1 aromatic carbocycles. The predicted molar refractivity (Wildman–Crippen MR) is 139 cm³/mol. The summed E-state index contributed by atoms with van der Waals surface area (Å²) in [6.45, 7) is 0.0878. The lowest BCUT2D eigenvalue weighted by atomic mass is 9.75. The van der Waals surface area contributed by atoms with Crippen LogP contribution in [0.15, 0.2) is 18.2 Å². The summed E-state index contributed by atoms with van der Waals surface area (Å²) in [6.07, 6.45) is -0.427. The standard InChI is InChI=1S/C29H35F5N4O3/c30-28(31)14-17(28)6-9-27(10-7-18(8-11-27)35-16-26(12-13-26)29(32,33)34)37-21-3-1-2-19-20(21)15-38(25(19)41)22-4-5-23(39)36-24(22)40/h1-3,17-18,22,35,37H,4-16H2,(H,36,39,40)/t17-,18?,22-,27?/m0/s1. The average Bonchev–Trinajstić information content (AvgIpc) is 3.80.